The zero-order valence-electron chi connectivity index (χ0n) is 19.7. The van der Waals surface area contributed by atoms with Crippen molar-refractivity contribution in [2.75, 3.05) is 20.2 Å². The van der Waals surface area contributed by atoms with E-state index in [2.05, 4.69) is 10.6 Å². The van der Waals surface area contributed by atoms with Crippen molar-refractivity contribution < 1.29 is 24.2 Å². The lowest BCUT2D eigenvalue weighted by Gasteiger charge is -2.31. The summed E-state index contributed by atoms with van der Waals surface area (Å²) in [5.74, 6) is -0.911. The summed E-state index contributed by atoms with van der Waals surface area (Å²) in [6.45, 7) is 10.8. The molecule has 0 aromatic heterocycles. The minimum atomic E-state index is -1.24. The fourth-order valence-corrected chi connectivity index (χ4v) is 3.21. The van der Waals surface area contributed by atoms with E-state index in [9.17, 15) is 19.5 Å². The smallest absolute Gasteiger partial charge is 0.408 e. The summed E-state index contributed by atoms with van der Waals surface area (Å²) in [5, 5.41) is 15.0. The lowest BCUT2D eigenvalue weighted by Crippen LogP contribution is -2.53. The largest absolute Gasteiger partial charge is 0.444 e. The molecule has 174 valence electrons. The van der Waals surface area contributed by atoms with Crippen LogP contribution in [0.1, 0.15) is 63.3 Å². The van der Waals surface area contributed by atoms with E-state index in [1.807, 2.05) is 39.0 Å². The van der Waals surface area contributed by atoms with Crippen molar-refractivity contribution in [3.8, 4) is 0 Å². The zero-order chi connectivity index (χ0) is 23.8. The van der Waals surface area contributed by atoms with E-state index in [0.29, 0.717) is 12.1 Å². The Morgan fingerprint density at radius 3 is 2.19 bits per heavy atom. The molecule has 0 aliphatic rings. The van der Waals surface area contributed by atoms with Gasteiger partial charge in [0.15, 0.2) is 0 Å². The second kappa shape index (κ2) is 11.7. The molecule has 0 aliphatic carbocycles. The number of amides is 3. The van der Waals surface area contributed by atoms with Crippen LogP contribution in [-0.4, -0.2) is 59.8 Å². The quantitative estimate of drug-likeness (QED) is 0.517. The normalized spacial score (nSPS) is 13.2. The topological polar surface area (TPSA) is 108 Å². The van der Waals surface area contributed by atoms with Crippen molar-refractivity contribution in [1.82, 2.24) is 15.5 Å². The molecule has 31 heavy (non-hydrogen) atoms. The molecule has 0 saturated heterocycles. The molecule has 0 saturated carbocycles. The molecule has 8 heteroatoms. The summed E-state index contributed by atoms with van der Waals surface area (Å²) < 4.78 is 5.18. The van der Waals surface area contributed by atoms with Crippen molar-refractivity contribution in [2.45, 2.75) is 72.1 Å². The van der Waals surface area contributed by atoms with Gasteiger partial charge in [0, 0.05) is 13.6 Å². The number of nitrogens with zero attached hydrogens (tertiary/aromatic N) is 1. The molecule has 1 aromatic rings. The van der Waals surface area contributed by atoms with Crippen molar-refractivity contribution in [1.29, 1.82) is 0 Å². The van der Waals surface area contributed by atoms with E-state index in [-0.39, 0.29) is 5.91 Å². The SMILES string of the molecule is CCCCNC(=O)C(c1cc(C)cc(C)c1)N(C)C(=O)C(CO)NC(=O)OC(C)(C)C. The Bertz CT molecular complexity index is 753. The van der Waals surface area contributed by atoms with Gasteiger partial charge in [-0.3, -0.25) is 9.59 Å². The molecule has 1 rings (SSSR count). The maximum Gasteiger partial charge on any atom is 0.408 e. The number of hydrogen-bond acceptors (Lipinski definition) is 5. The zero-order valence-corrected chi connectivity index (χ0v) is 19.7. The molecular formula is C23H37N3O5. The summed E-state index contributed by atoms with van der Waals surface area (Å²) >= 11 is 0. The average Bonchev–Trinajstić information content (AvgIpc) is 2.63. The Balaban J connectivity index is 3.16. The number of benzene rings is 1. The number of alkyl carbamates (subject to hydrolysis) is 1. The lowest BCUT2D eigenvalue weighted by atomic mass is 9.99. The molecule has 3 amide bonds. The number of likely N-dealkylation sites (N-methyl/N-ethyl adjacent to an activating group) is 1. The van der Waals surface area contributed by atoms with Crippen LogP contribution >= 0.6 is 0 Å². The Kier molecular flexibility index (Phi) is 9.97. The molecular weight excluding hydrogens is 398 g/mol. The maximum atomic E-state index is 13.1. The van der Waals surface area contributed by atoms with E-state index in [0.717, 1.165) is 24.0 Å². The van der Waals surface area contributed by atoms with E-state index < -0.39 is 36.3 Å². The van der Waals surface area contributed by atoms with Crippen molar-refractivity contribution in [3.05, 3.63) is 34.9 Å². The second-order valence-corrected chi connectivity index (χ2v) is 8.80. The highest BCUT2D eigenvalue weighted by Gasteiger charge is 2.33. The van der Waals surface area contributed by atoms with Gasteiger partial charge in [0.25, 0.3) is 0 Å². The first-order valence-corrected chi connectivity index (χ1v) is 10.6. The Labute approximate surface area is 185 Å². The summed E-state index contributed by atoms with van der Waals surface area (Å²) in [5.41, 5.74) is 1.84. The number of rotatable bonds is 9. The molecule has 1 aromatic carbocycles. The summed E-state index contributed by atoms with van der Waals surface area (Å²) in [6.07, 6.45) is 0.932. The van der Waals surface area contributed by atoms with Crippen LogP contribution < -0.4 is 10.6 Å². The van der Waals surface area contributed by atoms with Crippen LogP contribution in [0.2, 0.25) is 0 Å². The van der Waals surface area contributed by atoms with Gasteiger partial charge in [-0.25, -0.2) is 4.79 Å². The minimum absolute atomic E-state index is 0.316. The highest BCUT2D eigenvalue weighted by molar-refractivity contribution is 5.92. The van der Waals surface area contributed by atoms with E-state index >= 15 is 0 Å². The van der Waals surface area contributed by atoms with Crippen molar-refractivity contribution in [3.63, 3.8) is 0 Å². The molecule has 8 nitrogen and oxygen atoms in total. The van der Waals surface area contributed by atoms with E-state index in [1.165, 1.54) is 11.9 Å². The first-order valence-electron chi connectivity index (χ1n) is 10.6. The first-order chi connectivity index (χ1) is 14.4. The Morgan fingerprint density at radius 2 is 1.71 bits per heavy atom. The third-order valence-electron chi connectivity index (χ3n) is 4.54. The van der Waals surface area contributed by atoms with Crippen molar-refractivity contribution >= 4 is 17.9 Å². The van der Waals surface area contributed by atoms with Gasteiger partial charge >= 0.3 is 6.09 Å². The predicted octanol–water partition coefficient (Wildman–Crippen LogP) is 2.60. The van der Waals surface area contributed by atoms with Gasteiger partial charge in [0.05, 0.1) is 6.61 Å². The minimum Gasteiger partial charge on any atom is -0.444 e. The molecule has 0 bridgehead atoms. The van der Waals surface area contributed by atoms with Gasteiger partial charge in [-0.2, -0.15) is 0 Å². The fourth-order valence-electron chi connectivity index (χ4n) is 3.21. The van der Waals surface area contributed by atoms with Gasteiger partial charge in [0.2, 0.25) is 11.8 Å². The third kappa shape index (κ3) is 8.57. The molecule has 3 N–H and O–H groups in total. The molecule has 0 aliphatic heterocycles. The number of aliphatic hydroxyl groups excluding tert-OH is 1. The van der Waals surface area contributed by atoms with Crippen LogP contribution in [-0.2, 0) is 14.3 Å². The highest BCUT2D eigenvalue weighted by Crippen LogP contribution is 2.23. The summed E-state index contributed by atoms with van der Waals surface area (Å²) in [6, 6.07) is 3.55. The highest BCUT2D eigenvalue weighted by atomic mass is 16.6. The number of ether oxygens (including phenoxy) is 1. The van der Waals surface area contributed by atoms with Crippen LogP contribution in [0.25, 0.3) is 0 Å². The van der Waals surface area contributed by atoms with Crippen LogP contribution in [0.5, 0.6) is 0 Å². The molecule has 2 atom stereocenters. The number of unbranched alkanes of at least 4 members (excludes halogenated alkanes) is 1. The van der Waals surface area contributed by atoms with Crippen LogP contribution in [0.4, 0.5) is 4.79 Å². The Hall–Kier alpha value is -2.61. The van der Waals surface area contributed by atoms with Crippen LogP contribution in [0.15, 0.2) is 18.2 Å². The van der Waals surface area contributed by atoms with Crippen LogP contribution in [0, 0.1) is 13.8 Å². The molecule has 0 fully saturated rings. The summed E-state index contributed by atoms with van der Waals surface area (Å²) in [4.78, 5) is 39.5. The second-order valence-electron chi connectivity index (χ2n) is 8.80. The third-order valence-corrected chi connectivity index (χ3v) is 4.54. The number of hydrogen-bond donors (Lipinski definition) is 3. The van der Waals surface area contributed by atoms with Gasteiger partial charge in [0.1, 0.15) is 17.7 Å². The number of nitrogens with one attached hydrogen (secondary N) is 2. The number of aryl methyl sites for hydroxylation is 2. The van der Waals surface area contributed by atoms with Gasteiger partial charge in [-0.15, -0.1) is 0 Å². The lowest BCUT2D eigenvalue weighted by molar-refractivity contribution is -0.141. The monoisotopic (exact) mass is 435 g/mol. The van der Waals surface area contributed by atoms with E-state index in [1.54, 1.807) is 20.8 Å². The maximum absolute atomic E-state index is 13.1. The van der Waals surface area contributed by atoms with Crippen molar-refractivity contribution in [2.24, 2.45) is 0 Å². The number of carbonyl (C=O) groups is 3. The van der Waals surface area contributed by atoms with Gasteiger partial charge in [-0.1, -0.05) is 42.7 Å². The Morgan fingerprint density at radius 1 is 1.13 bits per heavy atom. The molecule has 0 heterocycles. The van der Waals surface area contributed by atoms with Gasteiger partial charge < -0.3 is 25.4 Å². The number of aliphatic hydroxyl groups is 1. The fraction of sp³-hybridized carbons (Fsp3) is 0.609. The summed E-state index contributed by atoms with van der Waals surface area (Å²) in [7, 11) is 1.49. The molecule has 0 spiro atoms. The standard InChI is InChI=1S/C23H37N3O5/c1-8-9-10-24-20(28)19(17-12-15(2)11-16(3)13-17)26(7)21(29)18(14-27)25-22(30)31-23(4,5)6/h11-13,18-19,27H,8-10,14H2,1-7H3,(H,24,28)(H,25,30). The van der Waals surface area contributed by atoms with E-state index in [4.69, 9.17) is 4.74 Å². The van der Waals surface area contributed by atoms with Crippen LogP contribution in [0.3, 0.4) is 0 Å². The van der Waals surface area contributed by atoms with Gasteiger partial charge in [-0.05, 0) is 46.6 Å². The predicted molar refractivity (Wildman–Crippen MR) is 120 cm³/mol. The molecule has 2 unspecified atom stereocenters. The number of carbonyl (C=O) groups excluding carboxylic acids is 3. The first kappa shape index (κ1) is 26.4. The average molecular weight is 436 g/mol. The molecule has 0 radical (unpaired) electrons.